The lowest BCUT2D eigenvalue weighted by Crippen LogP contribution is -2.36. The number of carbonyl (C=O) groups is 1. The molecule has 0 saturated heterocycles. The number of carbonyl (C=O) groups excluding carboxylic acids is 1. The number of nitrogens with zero attached hydrogens (tertiary/aromatic N) is 1. The van der Waals surface area contributed by atoms with Gasteiger partial charge in [-0.3, -0.25) is 14.9 Å². The van der Waals surface area contributed by atoms with Gasteiger partial charge < -0.3 is 11.1 Å². The Bertz CT molecular complexity index is 549. The lowest BCUT2D eigenvalue weighted by molar-refractivity contribution is -0.384. The van der Waals surface area contributed by atoms with Crippen LogP contribution in [0.15, 0.2) is 12.1 Å². The van der Waals surface area contributed by atoms with Gasteiger partial charge in [0.15, 0.2) is 0 Å². The van der Waals surface area contributed by atoms with E-state index in [0.29, 0.717) is 0 Å². The molecule has 0 aliphatic carbocycles. The number of hydrogen-bond donors (Lipinski definition) is 2. The second-order valence-electron chi connectivity index (χ2n) is 4.76. The highest BCUT2D eigenvalue weighted by Crippen LogP contribution is 2.27. The maximum Gasteiger partial charge on any atom is 0.293 e. The number of nitrogen functional groups attached to an aromatic ring is 1. The zero-order valence-corrected chi connectivity index (χ0v) is 12.2. The fraction of sp³-hybridized carbons (Fsp3) is 0.417. The van der Waals surface area contributed by atoms with E-state index in [0.717, 1.165) is 12.1 Å². The standard InChI is InChI=1S/C12H16FN3O3S/c1-12(2,20-3)6-15-11(17)9-7(13)4-5-8(10(9)14)16(18)19/h4-5H,6,14H2,1-3H3,(H,15,17). The van der Waals surface area contributed by atoms with Crippen LogP contribution in [0.3, 0.4) is 0 Å². The molecule has 1 aromatic rings. The van der Waals surface area contributed by atoms with Crippen molar-refractivity contribution in [1.82, 2.24) is 5.32 Å². The first-order chi connectivity index (χ1) is 9.19. The van der Waals surface area contributed by atoms with E-state index in [9.17, 15) is 19.3 Å². The van der Waals surface area contributed by atoms with E-state index in [2.05, 4.69) is 5.32 Å². The molecule has 110 valence electrons. The summed E-state index contributed by atoms with van der Waals surface area (Å²) in [6, 6.07) is 1.80. The highest BCUT2D eigenvalue weighted by Gasteiger charge is 2.25. The van der Waals surface area contributed by atoms with Gasteiger partial charge in [-0.1, -0.05) is 0 Å². The van der Waals surface area contributed by atoms with Gasteiger partial charge in [0.05, 0.1) is 4.92 Å². The maximum absolute atomic E-state index is 13.7. The number of benzene rings is 1. The molecule has 0 saturated carbocycles. The molecule has 1 aromatic carbocycles. The van der Waals surface area contributed by atoms with E-state index >= 15 is 0 Å². The highest BCUT2D eigenvalue weighted by atomic mass is 32.2. The zero-order chi connectivity index (χ0) is 15.5. The average Bonchev–Trinajstić information content (AvgIpc) is 2.36. The number of halogens is 1. The SMILES string of the molecule is CSC(C)(C)CNC(=O)c1c(F)ccc([N+](=O)[O-])c1N. The summed E-state index contributed by atoms with van der Waals surface area (Å²) in [5.41, 5.74) is 4.07. The van der Waals surface area contributed by atoms with E-state index < -0.39 is 33.6 Å². The van der Waals surface area contributed by atoms with E-state index in [1.54, 1.807) is 0 Å². The first kappa shape index (κ1) is 16.2. The van der Waals surface area contributed by atoms with Crippen LogP contribution in [0.5, 0.6) is 0 Å². The molecule has 20 heavy (non-hydrogen) atoms. The molecule has 0 atom stereocenters. The number of hydrogen-bond acceptors (Lipinski definition) is 5. The summed E-state index contributed by atoms with van der Waals surface area (Å²) in [6.07, 6.45) is 1.88. The van der Waals surface area contributed by atoms with Crippen LogP contribution in [-0.4, -0.2) is 28.4 Å². The Labute approximate surface area is 120 Å². The van der Waals surface area contributed by atoms with Crippen LogP contribution >= 0.6 is 11.8 Å². The van der Waals surface area contributed by atoms with Crippen molar-refractivity contribution < 1.29 is 14.1 Å². The summed E-state index contributed by atoms with van der Waals surface area (Å²) in [7, 11) is 0. The van der Waals surface area contributed by atoms with Crippen molar-refractivity contribution in [3.8, 4) is 0 Å². The van der Waals surface area contributed by atoms with Gasteiger partial charge >= 0.3 is 0 Å². The van der Waals surface area contributed by atoms with Crippen molar-refractivity contribution in [2.24, 2.45) is 0 Å². The van der Waals surface area contributed by atoms with Gasteiger partial charge in [-0.05, 0) is 26.2 Å². The molecule has 1 rings (SSSR count). The minimum Gasteiger partial charge on any atom is -0.392 e. The topological polar surface area (TPSA) is 98.3 Å². The Balaban J connectivity index is 3.04. The lowest BCUT2D eigenvalue weighted by Gasteiger charge is -2.22. The van der Waals surface area contributed by atoms with Crippen LogP contribution in [0, 0.1) is 15.9 Å². The Kier molecular flexibility index (Phi) is 4.93. The molecule has 0 aliphatic rings. The van der Waals surface area contributed by atoms with Crippen molar-refractivity contribution in [1.29, 1.82) is 0 Å². The normalized spacial score (nSPS) is 11.2. The summed E-state index contributed by atoms with van der Waals surface area (Å²) in [6.45, 7) is 4.10. The number of rotatable bonds is 5. The Morgan fingerprint density at radius 2 is 2.15 bits per heavy atom. The fourth-order valence-electron chi connectivity index (χ4n) is 1.43. The maximum atomic E-state index is 13.7. The summed E-state index contributed by atoms with van der Waals surface area (Å²) >= 11 is 1.53. The zero-order valence-electron chi connectivity index (χ0n) is 11.4. The molecule has 1 amide bonds. The second kappa shape index (κ2) is 6.08. The molecule has 0 aliphatic heterocycles. The average molecular weight is 301 g/mol. The highest BCUT2D eigenvalue weighted by molar-refractivity contribution is 7.99. The van der Waals surface area contributed by atoms with E-state index in [1.807, 2.05) is 20.1 Å². The summed E-state index contributed by atoms with van der Waals surface area (Å²) in [4.78, 5) is 21.9. The summed E-state index contributed by atoms with van der Waals surface area (Å²) in [5.74, 6) is -1.64. The molecule has 0 unspecified atom stereocenters. The monoisotopic (exact) mass is 301 g/mol. The first-order valence-electron chi connectivity index (χ1n) is 5.75. The van der Waals surface area contributed by atoms with Crippen LogP contribution in [-0.2, 0) is 0 Å². The van der Waals surface area contributed by atoms with Crippen molar-refractivity contribution >= 4 is 29.0 Å². The van der Waals surface area contributed by atoms with Crippen molar-refractivity contribution in [3.05, 3.63) is 33.6 Å². The van der Waals surface area contributed by atoms with Crippen molar-refractivity contribution in [2.45, 2.75) is 18.6 Å². The second-order valence-corrected chi connectivity index (χ2v) is 6.27. The number of nitro benzene ring substituents is 1. The van der Waals surface area contributed by atoms with Crippen molar-refractivity contribution in [3.63, 3.8) is 0 Å². The van der Waals surface area contributed by atoms with Crippen LogP contribution in [0.4, 0.5) is 15.8 Å². The van der Waals surface area contributed by atoms with Crippen molar-refractivity contribution in [2.75, 3.05) is 18.5 Å². The predicted molar refractivity (Wildman–Crippen MR) is 77.4 cm³/mol. The van der Waals surface area contributed by atoms with Gasteiger partial charge in [0, 0.05) is 17.4 Å². The predicted octanol–water partition coefficient (Wildman–Crippen LogP) is 2.19. The third kappa shape index (κ3) is 3.60. The Morgan fingerprint density at radius 3 is 2.65 bits per heavy atom. The van der Waals surface area contributed by atoms with Crippen LogP contribution < -0.4 is 11.1 Å². The quantitative estimate of drug-likeness (QED) is 0.493. The lowest BCUT2D eigenvalue weighted by atomic mass is 10.1. The van der Waals surface area contributed by atoms with E-state index in [1.165, 1.54) is 11.8 Å². The summed E-state index contributed by atoms with van der Waals surface area (Å²) < 4.78 is 13.4. The minimum atomic E-state index is -0.882. The number of anilines is 1. The number of nitrogens with two attached hydrogens (primary N) is 1. The molecule has 0 radical (unpaired) electrons. The molecule has 8 heteroatoms. The minimum absolute atomic E-state index is 0.235. The van der Waals surface area contributed by atoms with Crippen LogP contribution in [0.2, 0.25) is 0 Å². The number of nitro groups is 1. The van der Waals surface area contributed by atoms with E-state index in [4.69, 9.17) is 5.73 Å². The first-order valence-corrected chi connectivity index (χ1v) is 6.98. The summed E-state index contributed by atoms with van der Waals surface area (Å²) in [5, 5.41) is 13.3. The molecule has 0 spiro atoms. The van der Waals surface area contributed by atoms with Gasteiger partial charge in [-0.2, -0.15) is 11.8 Å². The van der Waals surface area contributed by atoms with Crippen LogP contribution in [0.25, 0.3) is 0 Å². The van der Waals surface area contributed by atoms with Gasteiger partial charge in [0.2, 0.25) is 0 Å². The third-order valence-corrected chi connectivity index (χ3v) is 4.07. The van der Waals surface area contributed by atoms with Gasteiger partial charge in [0.1, 0.15) is 17.1 Å². The van der Waals surface area contributed by atoms with Gasteiger partial charge in [-0.25, -0.2) is 4.39 Å². The smallest absolute Gasteiger partial charge is 0.293 e. The fourth-order valence-corrected chi connectivity index (χ4v) is 1.64. The molecule has 3 N–H and O–H groups in total. The Morgan fingerprint density at radius 1 is 1.55 bits per heavy atom. The number of nitrogens with one attached hydrogen (secondary N) is 1. The molecule has 0 fully saturated rings. The Hall–Kier alpha value is -1.83. The molecular weight excluding hydrogens is 285 g/mol. The molecular formula is C12H16FN3O3S. The van der Waals surface area contributed by atoms with Gasteiger partial charge in [-0.15, -0.1) is 0 Å². The molecule has 0 bridgehead atoms. The number of thioether (sulfide) groups is 1. The largest absolute Gasteiger partial charge is 0.392 e. The van der Waals surface area contributed by atoms with Crippen LogP contribution in [0.1, 0.15) is 24.2 Å². The molecule has 0 heterocycles. The molecule has 0 aromatic heterocycles. The third-order valence-electron chi connectivity index (χ3n) is 2.82. The van der Waals surface area contributed by atoms with Gasteiger partial charge in [0.25, 0.3) is 11.6 Å². The van der Waals surface area contributed by atoms with E-state index in [-0.39, 0.29) is 11.3 Å². The molecule has 6 nitrogen and oxygen atoms in total. The number of amides is 1.